The van der Waals surface area contributed by atoms with Crippen LogP contribution in [0.4, 0.5) is 0 Å². The number of carbonyl (C=O) groups is 1. The van der Waals surface area contributed by atoms with Gasteiger partial charge in [-0.1, -0.05) is 0 Å². The standard InChI is InChI=1S/C14H21N5OS.2ClH/c1-9-10(2)21-12(18-9)5-6-16-14(20)13(15-3)11-7-17-19(4)8-11;;/h7-8,13,15H,5-6H2,1-4H3,(H,16,20);2*1H. The van der Waals surface area contributed by atoms with Crippen LogP contribution in [0, 0.1) is 13.8 Å². The van der Waals surface area contributed by atoms with Crippen LogP contribution in [0.3, 0.4) is 0 Å². The Labute approximate surface area is 152 Å². The van der Waals surface area contributed by atoms with Crippen molar-refractivity contribution in [3.63, 3.8) is 0 Å². The number of hydrogen-bond donors (Lipinski definition) is 2. The third-order valence-electron chi connectivity index (χ3n) is 3.32. The van der Waals surface area contributed by atoms with Gasteiger partial charge in [-0.3, -0.25) is 9.48 Å². The van der Waals surface area contributed by atoms with Crippen LogP contribution >= 0.6 is 36.2 Å². The second-order valence-electron chi connectivity index (χ2n) is 4.96. The minimum absolute atomic E-state index is 0. The molecule has 1 unspecified atom stereocenters. The summed E-state index contributed by atoms with van der Waals surface area (Å²) < 4.78 is 1.69. The summed E-state index contributed by atoms with van der Waals surface area (Å²) in [7, 11) is 3.60. The molecule has 130 valence electrons. The van der Waals surface area contributed by atoms with Crippen LogP contribution in [-0.2, 0) is 18.3 Å². The molecule has 0 saturated heterocycles. The molecule has 0 bridgehead atoms. The van der Waals surface area contributed by atoms with E-state index in [1.54, 1.807) is 29.3 Å². The van der Waals surface area contributed by atoms with Gasteiger partial charge in [-0.05, 0) is 20.9 Å². The Morgan fingerprint density at radius 2 is 2.09 bits per heavy atom. The van der Waals surface area contributed by atoms with Gasteiger partial charge in [-0.25, -0.2) is 4.98 Å². The predicted molar refractivity (Wildman–Crippen MR) is 97.8 cm³/mol. The summed E-state index contributed by atoms with van der Waals surface area (Å²) in [5.41, 5.74) is 1.93. The fourth-order valence-electron chi connectivity index (χ4n) is 2.08. The third kappa shape index (κ3) is 5.76. The highest BCUT2D eigenvalue weighted by molar-refractivity contribution is 7.11. The Hall–Kier alpha value is -1.15. The Bertz CT molecular complexity index is 609. The van der Waals surface area contributed by atoms with E-state index in [2.05, 4.69) is 27.6 Å². The van der Waals surface area contributed by atoms with Crippen molar-refractivity contribution in [3.05, 3.63) is 33.5 Å². The fourth-order valence-corrected chi connectivity index (χ4v) is 3.01. The van der Waals surface area contributed by atoms with E-state index in [4.69, 9.17) is 0 Å². The van der Waals surface area contributed by atoms with E-state index in [0.29, 0.717) is 6.54 Å². The lowest BCUT2D eigenvalue weighted by Crippen LogP contribution is -2.36. The first kappa shape index (κ1) is 21.9. The lowest BCUT2D eigenvalue weighted by molar-refractivity contribution is -0.123. The molecule has 0 radical (unpaired) electrons. The molecule has 0 aliphatic carbocycles. The molecule has 0 spiro atoms. The molecule has 0 aliphatic heterocycles. The highest BCUT2D eigenvalue weighted by atomic mass is 35.5. The van der Waals surface area contributed by atoms with E-state index in [1.807, 2.05) is 20.2 Å². The van der Waals surface area contributed by atoms with Gasteiger partial charge in [0.25, 0.3) is 0 Å². The maximum Gasteiger partial charge on any atom is 0.241 e. The summed E-state index contributed by atoms with van der Waals surface area (Å²) in [6, 6.07) is -0.376. The van der Waals surface area contributed by atoms with Crippen LogP contribution in [0.1, 0.15) is 27.2 Å². The van der Waals surface area contributed by atoms with Gasteiger partial charge >= 0.3 is 0 Å². The Kier molecular flexibility index (Phi) is 9.38. The van der Waals surface area contributed by atoms with Gasteiger partial charge in [0.05, 0.1) is 16.9 Å². The molecule has 0 fully saturated rings. The van der Waals surface area contributed by atoms with Crippen molar-refractivity contribution in [1.29, 1.82) is 0 Å². The molecule has 2 N–H and O–H groups in total. The summed E-state index contributed by atoms with van der Waals surface area (Å²) in [6.45, 7) is 4.66. The van der Waals surface area contributed by atoms with E-state index in [1.165, 1.54) is 4.88 Å². The molecular weight excluding hydrogens is 357 g/mol. The molecule has 9 heteroatoms. The van der Waals surface area contributed by atoms with Gasteiger partial charge in [-0.2, -0.15) is 5.10 Å². The van der Waals surface area contributed by atoms with Crippen LogP contribution < -0.4 is 10.6 Å². The zero-order valence-electron chi connectivity index (χ0n) is 13.6. The second kappa shape index (κ2) is 9.87. The number of nitrogens with one attached hydrogen (secondary N) is 2. The average molecular weight is 380 g/mol. The van der Waals surface area contributed by atoms with Crippen LogP contribution in [0.5, 0.6) is 0 Å². The van der Waals surface area contributed by atoms with Crippen molar-refractivity contribution in [2.24, 2.45) is 7.05 Å². The summed E-state index contributed by atoms with van der Waals surface area (Å²) in [6.07, 6.45) is 4.30. The maximum atomic E-state index is 12.2. The molecule has 1 atom stereocenters. The Morgan fingerprint density at radius 1 is 1.39 bits per heavy atom. The zero-order valence-corrected chi connectivity index (χ0v) is 16.1. The van der Waals surface area contributed by atoms with Gasteiger partial charge in [0.1, 0.15) is 6.04 Å². The number of likely N-dealkylation sites (N-methyl/N-ethyl adjacent to an activating group) is 1. The van der Waals surface area contributed by atoms with Crippen molar-refractivity contribution in [2.75, 3.05) is 13.6 Å². The van der Waals surface area contributed by atoms with Crippen molar-refractivity contribution < 1.29 is 4.79 Å². The van der Waals surface area contributed by atoms with Crippen molar-refractivity contribution in [3.8, 4) is 0 Å². The van der Waals surface area contributed by atoms with Gasteiger partial charge in [0.2, 0.25) is 5.91 Å². The van der Waals surface area contributed by atoms with Gasteiger partial charge in [-0.15, -0.1) is 36.2 Å². The molecule has 2 aromatic rings. The van der Waals surface area contributed by atoms with Gasteiger partial charge in [0, 0.05) is 36.7 Å². The number of thiazole rings is 1. The minimum Gasteiger partial charge on any atom is -0.354 e. The Morgan fingerprint density at radius 3 is 2.57 bits per heavy atom. The van der Waals surface area contributed by atoms with E-state index in [9.17, 15) is 4.79 Å². The van der Waals surface area contributed by atoms with Crippen LogP contribution in [-0.4, -0.2) is 34.3 Å². The van der Waals surface area contributed by atoms with Crippen LogP contribution in [0.15, 0.2) is 12.4 Å². The monoisotopic (exact) mass is 379 g/mol. The Balaban J connectivity index is 0.00000242. The molecule has 0 aliphatic rings. The SMILES string of the molecule is CNC(C(=O)NCCc1nc(C)c(C)s1)c1cnn(C)c1.Cl.Cl. The molecule has 1 amide bonds. The number of hydrogen-bond acceptors (Lipinski definition) is 5. The highest BCUT2D eigenvalue weighted by Crippen LogP contribution is 2.16. The maximum absolute atomic E-state index is 12.2. The molecule has 2 heterocycles. The number of carbonyl (C=O) groups excluding carboxylic acids is 1. The van der Waals surface area contributed by atoms with Crippen molar-refractivity contribution in [1.82, 2.24) is 25.4 Å². The molecule has 0 saturated carbocycles. The lowest BCUT2D eigenvalue weighted by atomic mass is 10.1. The fraction of sp³-hybridized carbons (Fsp3) is 0.500. The average Bonchev–Trinajstić information content (AvgIpc) is 2.98. The van der Waals surface area contributed by atoms with Gasteiger partial charge in [0.15, 0.2) is 0 Å². The number of aryl methyl sites for hydroxylation is 3. The van der Waals surface area contributed by atoms with Crippen molar-refractivity contribution >= 4 is 42.1 Å². The first-order chi connectivity index (χ1) is 10.0. The summed E-state index contributed by atoms with van der Waals surface area (Å²) in [4.78, 5) is 17.9. The number of rotatable bonds is 6. The normalized spacial score (nSPS) is 11.3. The third-order valence-corrected chi connectivity index (χ3v) is 4.45. The lowest BCUT2D eigenvalue weighted by Gasteiger charge is -2.14. The van der Waals surface area contributed by atoms with E-state index >= 15 is 0 Å². The predicted octanol–water partition coefficient (Wildman–Crippen LogP) is 1.96. The number of amides is 1. The first-order valence-electron chi connectivity index (χ1n) is 6.87. The smallest absolute Gasteiger partial charge is 0.241 e. The van der Waals surface area contributed by atoms with Crippen LogP contribution in [0.2, 0.25) is 0 Å². The van der Waals surface area contributed by atoms with Crippen molar-refractivity contribution in [2.45, 2.75) is 26.3 Å². The largest absolute Gasteiger partial charge is 0.354 e. The summed E-state index contributed by atoms with van der Waals surface area (Å²) in [5, 5.41) is 11.1. The number of halogens is 2. The number of nitrogens with zero attached hydrogens (tertiary/aromatic N) is 3. The zero-order chi connectivity index (χ0) is 15.4. The molecule has 2 aromatic heterocycles. The highest BCUT2D eigenvalue weighted by Gasteiger charge is 2.19. The first-order valence-corrected chi connectivity index (χ1v) is 7.69. The topological polar surface area (TPSA) is 71.8 Å². The van der Waals surface area contributed by atoms with E-state index in [-0.39, 0.29) is 36.8 Å². The summed E-state index contributed by atoms with van der Waals surface area (Å²) in [5.74, 6) is -0.0458. The quantitative estimate of drug-likeness (QED) is 0.804. The minimum atomic E-state index is -0.376. The summed E-state index contributed by atoms with van der Waals surface area (Å²) >= 11 is 1.69. The molecular formula is C14H23Cl2N5OS. The van der Waals surface area contributed by atoms with Gasteiger partial charge < -0.3 is 10.6 Å². The molecule has 6 nitrogen and oxygen atoms in total. The molecule has 23 heavy (non-hydrogen) atoms. The second-order valence-corrected chi connectivity index (χ2v) is 6.25. The van der Waals surface area contributed by atoms with E-state index in [0.717, 1.165) is 22.7 Å². The van der Waals surface area contributed by atoms with Crippen LogP contribution in [0.25, 0.3) is 0 Å². The molecule has 2 rings (SSSR count). The number of aromatic nitrogens is 3. The van der Waals surface area contributed by atoms with E-state index < -0.39 is 0 Å². The molecule has 0 aromatic carbocycles.